The van der Waals surface area contributed by atoms with E-state index in [1.165, 1.54) is 0 Å². The number of hydrogen-bond acceptors (Lipinski definition) is 3. The molecule has 0 radical (unpaired) electrons. The van der Waals surface area contributed by atoms with Crippen LogP contribution in [0.15, 0.2) is 0 Å². The molecule has 1 atom stereocenters. The molecule has 18 heavy (non-hydrogen) atoms. The smallest absolute Gasteiger partial charge is 0.321 e. The Bertz CT molecular complexity index is 292. The zero-order valence-electron chi connectivity index (χ0n) is 11.0. The Kier molecular flexibility index (Phi) is 8.61. The SMILES string of the molecule is CCCC(C)NC(=O)NC(=O)CCCCC(=O)O. The number of aliphatic carboxylic acids is 1. The molecule has 0 bridgehead atoms. The van der Waals surface area contributed by atoms with Crippen LogP contribution in [-0.2, 0) is 9.59 Å². The van der Waals surface area contributed by atoms with Crippen molar-refractivity contribution in [1.29, 1.82) is 0 Å². The normalized spacial score (nSPS) is 11.7. The van der Waals surface area contributed by atoms with E-state index in [1.807, 2.05) is 13.8 Å². The quantitative estimate of drug-likeness (QED) is 0.577. The number of rotatable bonds is 8. The molecular formula is C12H22N2O4. The Hall–Kier alpha value is -1.59. The van der Waals surface area contributed by atoms with Crippen LogP contribution in [0.25, 0.3) is 0 Å². The van der Waals surface area contributed by atoms with Crippen LogP contribution < -0.4 is 10.6 Å². The third-order valence-corrected chi connectivity index (χ3v) is 2.40. The minimum absolute atomic E-state index is 0.0369. The number of nitrogens with one attached hydrogen (secondary N) is 2. The van der Waals surface area contributed by atoms with Crippen molar-refractivity contribution in [2.24, 2.45) is 0 Å². The van der Waals surface area contributed by atoms with Gasteiger partial charge >= 0.3 is 12.0 Å². The maximum atomic E-state index is 11.3. The van der Waals surface area contributed by atoms with Crippen molar-refractivity contribution in [3.05, 3.63) is 0 Å². The summed E-state index contributed by atoms with van der Waals surface area (Å²) in [6.45, 7) is 3.89. The number of carboxylic acid groups (broad SMARTS) is 1. The van der Waals surface area contributed by atoms with Crippen molar-refractivity contribution in [3.8, 4) is 0 Å². The van der Waals surface area contributed by atoms with E-state index in [4.69, 9.17) is 5.11 Å². The number of amides is 3. The summed E-state index contributed by atoms with van der Waals surface area (Å²) in [6, 6.07) is -0.450. The monoisotopic (exact) mass is 258 g/mol. The summed E-state index contributed by atoms with van der Waals surface area (Å²) in [5.41, 5.74) is 0. The van der Waals surface area contributed by atoms with E-state index in [0.29, 0.717) is 12.8 Å². The average molecular weight is 258 g/mol. The molecule has 0 spiro atoms. The second-order valence-electron chi connectivity index (χ2n) is 4.31. The Balaban J connectivity index is 3.67. The van der Waals surface area contributed by atoms with Crippen molar-refractivity contribution in [1.82, 2.24) is 10.6 Å². The largest absolute Gasteiger partial charge is 0.481 e. The molecule has 1 unspecified atom stereocenters. The van der Waals surface area contributed by atoms with Gasteiger partial charge in [0.1, 0.15) is 0 Å². The summed E-state index contributed by atoms with van der Waals surface area (Å²) in [5, 5.41) is 13.3. The Morgan fingerprint density at radius 3 is 2.33 bits per heavy atom. The minimum Gasteiger partial charge on any atom is -0.481 e. The zero-order chi connectivity index (χ0) is 14.0. The molecule has 0 heterocycles. The van der Waals surface area contributed by atoms with Crippen LogP contribution in [0.5, 0.6) is 0 Å². The molecule has 3 N–H and O–H groups in total. The molecule has 0 aromatic carbocycles. The lowest BCUT2D eigenvalue weighted by molar-refractivity contribution is -0.137. The summed E-state index contributed by atoms with van der Waals surface area (Å²) < 4.78 is 0. The van der Waals surface area contributed by atoms with E-state index in [2.05, 4.69) is 10.6 Å². The number of hydrogen-bond donors (Lipinski definition) is 3. The summed E-state index contributed by atoms with van der Waals surface area (Å²) >= 11 is 0. The first-order valence-corrected chi connectivity index (χ1v) is 6.27. The second kappa shape index (κ2) is 9.44. The van der Waals surface area contributed by atoms with Crippen molar-refractivity contribution >= 4 is 17.9 Å². The fourth-order valence-electron chi connectivity index (χ4n) is 1.52. The highest BCUT2D eigenvalue weighted by molar-refractivity contribution is 5.94. The average Bonchev–Trinajstić information content (AvgIpc) is 2.24. The first-order chi connectivity index (χ1) is 8.45. The van der Waals surface area contributed by atoms with Crippen molar-refractivity contribution in [3.63, 3.8) is 0 Å². The van der Waals surface area contributed by atoms with Crippen LogP contribution in [0.1, 0.15) is 52.4 Å². The highest BCUT2D eigenvalue weighted by Crippen LogP contribution is 1.99. The molecule has 0 saturated heterocycles. The van der Waals surface area contributed by atoms with Gasteiger partial charge in [-0.25, -0.2) is 4.79 Å². The van der Waals surface area contributed by atoms with Crippen molar-refractivity contribution in [2.75, 3.05) is 0 Å². The van der Waals surface area contributed by atoms with E-state index >= 15 is 0 Å². The number of carboxylic acids is 1. The number of carbonyl (C=O) groups excluding carboxylic acids is 2. The molecule has 0 saturated carbocycles. The Morgan fingerprint density at radius 1 is 1.17 bits per heavy atom. The van der Waals surface area contributed by atoms with Crippen LogP contribution in [0.2, 0.25) is 0 Å². The Labute approximate surface area is 107 Å². The first-order valence-electron chi connectivity index (χ1n) is 6.27. The molecule has 0 aliphatic heterocycles. The van der Waals surface area contributed by atoms with Gasteiger partial charge < -0.3 is 10.4 Å². The summed E-state index contributed by atoms with van der Waals surface area (Å²) in [4.78, 5) is 32.9. The van der Waals surface area contributed by atoms with Gasteiger partial charge in [-0.2, -0.15) is 0 Å². The lowest BCUT2D eigenvalue weighted by Gasteiger charge is -2.12. The van der Waals surface area contributed by atoms with Crippen LogP contribution in [0, 0.1) is 0 Å². The fraction of sp³-hybridized carbons (Fsp3) is 0.750. The summed E-state index contributed by atoms with van der Waals surface area (Å²) in [6.07, 6.45) is 2.95. The molecule has 0 fully saturated rings. The van der Waals surface area contributed by atoms with Gasteiger partial charge in [-0.05, 0) is 26.2 Å². The van der Waals surface area contributed by atoms with Gasteiger partial charge in [-0.1, -0.05) is 13.3 Å². The summed E-state index contributed by atoms with van der Waals surface area (Å²) in [7, 11) is 0. The van der Waals surface area contributed by atoms with Gasteiger partial charge in [0.2, 0.25) is 5.91 Å². The fourth-order valence-corrected chi connectivity index (χ4v) is 1.52. The zero-order valence-corrected chi connectivity index (χ0v) is 11.0. The van der Waals surface area contributed by atoms with Crippen LogP contribution >= 0.6 is 0 Å². The minimum atomic E-state index is -0.874. The first kappa shape index (κ1) is 16.4. The van der Waals surface area contributed by atoms with Gasteiger partial charge in [0, 0.05) is 18.9 Å². The van der Waals surface area contributed by atoms with Crippen LogP contribution in [0.4, 0.5) is 4.79 Å². The number of unbranched alkanes of at least 4 members (excludes halogenated alkanes) is 1. The molecule has 0 aromatic heterocycles. The van der Waals surface area contributed by atoms with Gasteiger partial charge in [0.15, 0.2) is 0 Å². The predicted octanol–water partition coefficient (Wildman–Crippen LogP) is 1.65. The molecular weight excluding hydrogens is 236 g/mol. The van der Waals surface area contributed by atoms with E-state index < -0.39 is 12.0 Å². The second-order valence-corrected chi connectivity index (χ2v) is 4.31. The molecule has 3 amide bonds. The lowest BCUT2D eigenvalue weighted by atomic mass is 10.2. The molecule has 0 rings (SSSR count). The highest BCUT2D eigenvalue weighted by atomic mass is 16.4. The summed E-state index contributed by atoms with van der Waals surface area (Å²) in [5.74, 6) is -1.25. The topological polar surface area (TPSA) is 95.5 Å². The maximum Gasteiger partial charge on any atom is 0.321 e. The highest BCUT2D eigenvalue weighted by Gasteiger charge is 2.10. The van der Waals surface area contributed by atoms with E-state index in [-0.39, 0.29) is 24.8 Å². The van der Waals surface area contributed by atoms with Gasteiger partial charge in [0.25, 0.3) is 0 Å². The van der Waals surface area contributed by atoms with Crippen LogP contribution in [-0.4, -0.2) is 29.1 Å². The predicted molar refractivity (Wildman–Crippen MR) is 67.1 cm³/mol. The lowest BCUT2D eigenvalue weighted by Crippen LogP contribution is -2.43. The molecule has 0 aromatic rings. The van der Waals surface area contributed by atoms with E-state index in [9.17, 15) is 14.4 Å². The van der Waals surface area contributed by atoms with Gasteiger partial charge in [-0.3, -0.25) is 14.9 Å². The third kappa shape index (κ3) is 9.62. The molecule has 104 valence electrons. The number of imide groups is 1. The Morgan fingerprint density at radius 2 is 1.78 bits per heavy atom. The number of carbonyl (C=O) groups is 3. The van der Waals surface area contributed by atoms with E-state index in [0.717, 1.165) is 12.8 Å². The third-order valence-electron chi connectivity index (χ3n) is 2.40. The standard InChI is InChI=1S/C12H22N2O4/c1-3-6-9(2)13-12(18)14-10(15)7-4-5-8-11(16)17/h9H,3-8H2,1-2H3,(H,16,17)(H2,13,14,15,18). The van der Waals surface area contributed by atoms with Crippen LogP contribution in [0.3, 0.4) is 0 Å². The molecule has 0 aliphatic rings. The molecule has 6 nitrogen and oxygen atoms in total. The molecule has 0 aliphatic carbocycles. The van der Waals surface area contributed by atoms with Gasteiger partial charge in [0.05, 0.1) is 0 Å². The molecule has 6 heteroatoms. The van der Waals surface area contributed by atoms with E-state index in [1.54, 1.807) is 0 Å². The van der Waals surface area contributed by atoms with Crippen molar-refractivity contribution < 1.29 is 19.5 Å². The number of urea groups is 1. The van der Waals surface area contributed by atoms with Gasteiger partial charge in [-0.15, -0.1) is 0 Å². The maximum absolute atomic E-state index is 11.3. The van der Waals surface area contributed by atoms with Crippen molar-refractivity contribution in [2.45, 2.75) is 58.4 Å².